The molecule has 2 rings (SSSR count). The lowest BCUT2D eigenvalue weighted by Gasteiger charge is -2.03. The average Bonchev–Trinajstić information content (AvgIpc) is 2.50. The van der Waals surface area contributed by atoms with Crippen LogP contribution in [-0.2, 0) is 0 Å². The molecule has 3 heteroatoms. The molecule has 0 atom stereocenters. The molecule has 0 saturated carbocycles. The largest absolute Gasteiger partial charge is 0.322 e. The van der Waals surface area contributed by atoms with Gasteiger partial charge in [0.05, 0.1) is 0 Å². The van der Waals surface area contributed by atoms with Gasteiger partial charge in [-0.3, -0.25) is 4.79 Å². The van der Waals surface area contributed by atoms with Crippen LogP contribution in [0.5, 0.6) is 0 Å². The van der Waals surface area contributed by atoms with E-state index in [-0.39, 0.29) is 5.91 Å². The first-order valence-corrected chi connectivity index (χ1v) is 6.90. The number of para-hydroxylation sites is 1. The van der Waals surface area contributed by atoms with E-state index >= 15 is 0 Å². The third-order valence-electron chi connectivity index (χ3n) is 2.57. The Morgan fingerprint density at radius 2 is 1.35 bits per heavy atom. The number of nitrogens with one attached hydrogen (secondary N) is 2. The van der Waals surface area contributed by atoms with Crippen molar-refractivity contribution in [3.05, 3.63) is 66.2 Å². The van der Waals surface area contributed by atoms with Gasteiger partial charge in [-0.15, -0.1) is 0 Å². The highest BCUT2D eigenvalue weighted by Gasteiger charge is 2.03. The lowest BCUT2D eigenvalue weighted by molar-refractivity contribution is 0.102. The minimum Gasteiger partial charge on any atom is -0.322 e. The first kappa shape index (κ1) is 15.9. The van der Waals surface area contributed by atoms with Crippen molar-refractivity contribution in [3.8, 4) is 0 Å². The molecule has 0 aromatic heterocycles. The van der Waals surface area contributed by atoms with E-state index in [9.17, 15) is 4.79 Å². The standard InChI is InChI=1S/C13H11NO.C4H11N/c15-13(11-7-3-1-4-8-11)14-12-9-5-2-6-10-12;1-3-5-4-2/h1-10H,(H,14,15);5H,3-4H2,1-2H3. The van der Waals surface area contributed by atoms with Gasteiger partial charge in [-0.05, 0) is 37.4 Å². The third-order valence-corrected chi connectivity index (χ3v) is 2.57. The number of amides is 1. The van der Waals surface area contributed by atoms with E-state index in [0.29, 0.717) is 5.56 Å². The van der Waals surface area contributed by atoms with Crippen LogP contribution in [0.3, 0.4) is 0 Å². The Hall–Kier alpha value is -2.13. The molecule has 0 bridgehead atoms. The molecular formula is C17H22N2O. The molecule has 0 radical (unpaired) electrons. The van der Waals surface area contributed by atoms with E-state index in [1.165, 1.54) is 0 Å². The van der Waals surface area contributed by atoms with Crippen molar-refractivity contribution < 1.29 is 4.79 Å². The number of rotatable bonds is 4. The number of carbonyl (C=O) groups excluding carboxylic acids is 1. The van der Waals surface area contributed by atoms with Gasteiger partial charge in [0, 0.05) is 11.3 Å². The molecule has 3 nitrogen and oxygen atoms in total. The van der Waals surface area contributed by atoms with Crippen molar-refractivity contribution >= 4 is 11.6 Å². The van der Waals surface area contributed by atoms with Crippen molar-refractivity contribution in [1.29, 1.82) is 0 Å². The summed E-state index contributed by atoms with van der Waals surface area (Å²) in [6.07, 6.45) is 0. The van der Waals surface area contributed by atoms with Crippen molar-refractivity contribution in [2.75, 3.05) is 18.4 Å². The van der Waals surface area contributed by atoms with Crippen LogP contribution >= 0.6 is 0 Å². The Labute approximate surface area is 121 Å². The number of hydrogen-bond donors (Lipinski definition) is 2. The summed E-state index contributed by atoms with van der Waals surface area (Å²) >= 11 is 0. The van der Waals surface area contributed by atoms with E-state index < -0.39 is 0 Å². The average molecular weight is 270 g/mol. The predicted octanol–water partition coefficient (Wildman–Crippen LogP) is 3.55. The summed E-state index contributed by atoms with van der Waals surface area (Å²) in [5.41, 5.74) is 1.48. The fraction of sp³-hybridized carbons (Fsp3) is 0.235. The maximum absolute atomic E-state index is 11.7. The molecule has 1 amide bonds. The van der Waals surface area contributed by atoms with Gasteiger partial charge in [0.2, 0.25) is 0 Å². The third kappa shape index (κ3) is 6.16. The monoisotopic (exact) mass is 270 g/mol. The topological polar surface area (TPSA) is 41.1 Å². The van der Waals surface area contributed by atoms with Crippen molar-refractivity contribution in [1.82, 2.24) is 5.32 Å². The van der Waals surface area contributed by atoms with Crippen LogP contribution in [0.2, 0.25) is 0 Å². The van der Waals surface area contributed by atoms with E-state index in [1.54, 1.807) is 12.1 Å². The van der Waals surface area contributed by atoms with Crippen molar-refractivity contribution in [3.63, 3.8) is 0 Å². The summed E-state index contributed by atoms with van der Waals surface area (Å²) in [5, 5.41) is 5.93. The summed E-state index contributed by atoms with van der Waals surface area (Å²) in [7, 11) is 0. The Morgan fingerprint density at radius 1 is 0.850 bits per heavy atom. The van der Waals surface area contributed by atoms with Gasteiger partial charge in [-0.1, -0.05) is 50.2 Å². The molecule has 2 N–H and O–H groups in total. The summed E-state index contributed by atoms with van der Waals surface area (Å²) in [4.78, 5) is 11.7. The van der Waals surface area contributed by atoms with Gasteiger partial charge in [-0.2, -0.15) is 0 Å². The smallest absolute Gasteiger partial charge is 0.255 e. The normalized spacial score (nSPS) is 9.30. The second-order valence-electron chi connectivity index (χ2n) is 4.14. The Morgan fingerprint density at radius 3 is 1.80 bits per heavy atom. The van der Waals surface area contributed by atoms with E-state index in [4.69, 9.17) is 0 Å². The minimum absolute atomic E-state index is 0.0817. The van der Waals surface area contributed by atoms with Crippen LogP contribution in [-0.4, -0.2) is 19.0 Å². The molecule has 0 heterocycles. The van der Waals surface area contributed by atoms with Gasteiger partial charge in [0.15, 0.2) is 0 Å². The zero-order chi connectivity index (χ0) is 14.6. The summed E-state index contributed by atoms with van der Waals surface area (Å²) in [6, 6.07) is 18.6. The fourth-order valence-corrected chi connectivity index (χ4v) is 1.56. The van der Waals surface area contributed by atoms with Crippen LogP contribution in [0.1, 0.15) is 24.2 Å². The molecule has 0 aliphatic carbocycles. The molecule has 0 aliphatic heterocycles. The summed E-state index contributed by atoms with van der Waals surface area (Å²) in [6.45, 7) is 6.39. The second-order valence-corrected chi connectivity index (χ2v) is 4.14. The molecule has 2 aromatic carbocycles. The Balaban J connectivity index is 0.000000347. The second kappa shape index (κ2) is 9.75. The number of carbonyl (C=O) groups is 1. The first-order chi connectivity index (χ1) is 9.77. The molecular weight excluding hydrogens is 248 g/mol. The molecule has 106 valence electrons. The van der Waals surface area contributed by atoms with Gasteiger partial charge in [-0.25, -0.2) is 0 Å². The maximum Gasteiger partial charge on any atom is 0.255 e. The minimum atomic E-state index is -0.0817. The van der Waals surface area contributed by atoms with E-state index in [0.717, 1.165) is 18.8 Å². The van der Waals surface area contributed by atoms with Crippen LogP contribution in [0.15, 0.2) is 60.7 Å². The summed E-state index contributed by atoms with van der Waals surface area (Å²) < 4.78 is 0. The molecule has 0 spiro atoms. The quantitative estimate of drug-likeness (QED) is 0.892. The number of anilines is 1. The number of benzene rings is 2. The van der Waals surface area contributed by atoms with Gasteiger partial charge < -0.3 is 10.6 Å². The van der Waals surface area contributed by atoms with Gasteiger partial charge in [0.25, 0.3) is 5.91 Å². The zero-order valence-electron chi connectivity index (χ0n) is 12.1. The van der Waals surface area contributed by atoms with E-state index in [2.05, 4.69) is 24.5 Å². The van der Waals surface area contributed by atoms with Gasteiger partial charge >= 0.3 is 0 Å². The SMILES string of the molecule is CCNCC.O=C(Nc1ccccc1)c1ccccc1. The van der Waals surface area contributed by atoms with Gasteiger partial charge in [0.1, 0.15) is 0 Å². The molecule has 0 saturated heterocycles. The van der Waals surface area contributed by atoms with Crippen LogP contribution in [0.4, 0.5) is 5.69 Å². The Kier molecular flexibility index (Phi) is 7.77. The summed E-state index contributed by atoms with van der Waals surface area (Å²) in [5.74, 6) is -0.0817. The fourth-order valence-electron chi connectivity index (χ4n) is 1.56. The lowest BCUT2D eigenvalue weighted by Crippen LogP contribution is -2.11. The lowest BCUT2D eigenvalue weighted by atomic mass is 10.2. The van der Waals surface area contributed by atoms with Crippen LogP contribution in [0, 0.1) is 0 Å². The first-order valence-electron chi connectivity index (χ1n) is 6.90. The highest BCUT2D eigenvalue weighted by atomic mass is 16.1. The molecule has 0 unspecified atom stereocenters. The zero-order valence-corrected chi connectivity index (χ0v) is 12.1. The Bertz CT molecular complexity index is 481. The maximum atomic E-state index is 11.7. The molecule has 20 heavy (non-hydrogen) atoms. The predicted molar refractivity (Wildman–Crippen MR) is 85.1 cm³/mol. The van der Waals surface area contributed by atoms with Crippen LogP contribution < -0.4 is 10.6 Å². The highest BCUT2D eigenvalue weighted by molar-refractivity contribution is 6.04. The van der Waals surface area contributed by atoms with E-state index in [1.807, 2.05) is 48.5 Å². The van der Waals surface area contributed by atoms with Crippen molar-refractivity contribution in [2.24, 2.45) is 0 Å². The highest BCUT2D eigenvalue weighted by Crippen LogP contribution is 2.07. The number of hydrogen-bond acceptors (Lipinski definition) is 2. The van der Waals surface area contributed by atoms with Crippen molar-refractivity contribution in [2.45, 2.75) is 13.8 Å². The van der Waals surface area contributed by atoms with Crippen LogP contribution in [0.25, 0.3) is 0 Å². The molecule has 0 fully saturated rings. The molecule has 0 aliphatic rings. The molecule has 2 aromatic rings.